The molecule has 108 valence electrons. The highest BCUT2D eigenvalue weighted by atomic mass is 16.5. The SMILES string of the molecule is CC.CCOC(=O)Cc1nn(-c2ccccc2)c[n+]1C. The fourth-order valence-corrected chi connectivity index (χ4v) is 1.66. The maximum absolute atomic E-state index is 11.4. The Kier molecular flexibility index (Phi) is 6.43. The van der Waals surface area contributed by atoms with Crippen molar-refractivity contribution in [1.82, 2.24) is 9.78 Å². The quantitative estimate of drug-likeness (QED) is 0.632. The number of aryl methyl sites for hydroxylation is 1. The molecule has 0 aliphatic carbocycles. The maximum atomic E-state index is 11.4. The fourth-order valence-electron chi connectivity index (χ4n) is 1.66. The molecule has 0 N–H and O–H groups in total. The van der Waals surface area contributed by atoms with Crippen molar-refractivity contribution in [3.8, 4) is 5.69 Å². The highest BCUT2D eigenvalue weighted by Crippen LogP contribution is 2.04. The largest absolute Gasteiger partial charge is 0.466 e. The van der Waals surface area contributed by atoms with Crippen molar-refractivity contribution in [1.29, 1.82) is 0 Å². The highest BCUT2D eigenvalue weighted by Gasteiger charge is 2.19. The van der Waals surface area contributed by atoms with Crippen molar-refractivity contribution >= 4 is 5.97 Å². The van der Waals surface area contributed by atoms with Gasteiger partial charge in [0.2, 0.25) is 6.33 Å². The van der Waals surface area contributed by atoms with Gasteiger partial charge in [-0.15, -0.1) is 0 Å². The van der Waals surface area contributed by atoms with Gasteiger partial charge in [0, 0.05) is 5.10 Å². The molecule has 1 aromatic carbocycles. The lowest BCUT2D eigenvalue weighted by Crippen LogP contribution is -2.32. The van der Waals surface area contributed by atoms with Gasteiger partial charge in [-0.3, -0.25) is 4.79 Å². The minimum atomic E-state index is -0.258. The lowest BCUT2D eigenvalue weighted by molar-refractivity contribution is -0.679. The summed E-state index contributed by atoms with van der Waals surface area (Å²) in [4.78, 5) is 11.4. The molecular weight excluding hydrogens is 254 g/mol. The van der Waals surface area contributed by atoms with E-state index >= 15 is 0 Å². The van der Waals surface area contributed by atoms with Gasteiger partial charge >= 0.3 is 5.97 Å². The third-order valence-corrected chi connectivity index (χ3v) is 2.54. The number of hydrogen-bond acceptors (Lipinski definition) is 3. The summed E-state index contributed by atoms with van der Waals surface area (Å²) < 4.78 is 8.48. The van der Waals surface area contributed by atoms with E-state index < -0.39 is 0 Å². The van der Waals surface area contributed by atoms with E-state index in [4.69, 9.17) is 4.74 Å². The van der Waals surface area contributed by atoms with Gasteiger partial charge in [-0.2, -0.15) is 0 Å². The maximum Gasteiger partial charge on any atom is 0.316 e. The molecular formula is C15H22N3O2+. The van der Waals surface area contributed by atoms with Gasteiger partial charge < -0.3 is 4.74 Å². The minimum Gasteiger partial charge on any atom is -0.466 e. The summed E-state index contributed by atoms with van der Waals surface area (Å²) in [5.41, 5.74) is 0.961. The van der Waals surface area contributed by atoms with Gasteiger partial charge in [-0.05, 0) is 19.1 Å². The molecule has 0 aliphatic rings. The van der Waals surface area contributed by atoms with Gasteiger partial charge in [0.1, 0.15) is 12.1 Å². The van der Waals surface area contributed by atoms with Crippen molar-refractivity contribution in [3.63, 3.8) is 0 Å². The third-order valence-electron chi connectivity index (χ3n) is 2.54. The Morgan fingerprint density at radius 3 is 2.55 bits per heavy atom. The monoisotopic (exact) mass is 276 g/mol. The van der Waals surface area contributed by atoms with E-state index in [-0.39, 0.29) is 12.4 Å². The van der Waals surface area contributed by atoms with Crippen LogP contribution in [0.4, 0.5) is 0 Å². The summed E-state index contributed by atoms with van der Waals surface area (Å²) in [6, 6.07) is 9.76. The predicted octanol–water partition coefficient (Wildman–Crippen LogP) is 1.83. The van der Waals surface area contributed by atoms with Crippen LogP contribution >= 0.6 is 0 Å². The van der Waals surface area contributed by atoms with Crippen molar-refractivity contribution in [2.75, 3.05) is 6.61 Å². The third kappa shape index (κ3) is 4.19. The van der Waals surface area contributed by atoms with E-state index in [0.29, 0.717) is 12.4 Å². The number of rotatable bonds is 4. The summed E-state index contributed by atoms with van der Waals surface area (Å²) in [6.07, 6.45) is 2.02. The Morgan fingerprint density at radius 2 is 1.95 bits per heavy atom. The highest BCUT2D eigenvalue weighted by molar-refractivity contribution is 5.71. The Morgan fingerprint density at radius 1 is 1.30 bits per heavy atom. The zero-order valence-corrected chi connectivity index (χ0v) is 12.5. The van der Waals surface area contributed by atoms with Gasteiger partial charge in [-0.25, -0.2) is 4.57 Å². The molecule has 2 aromatic rings. The second kappa shape index (κ2) is 8.09. The predicted molar refractivity (Wildman–Crippen MR) is 76.4 cm³/mol. The van der Waals surface area contributed by atoms with Gasteiger partial charge in [0.25, 0.3) is 5.82 Å². The lowest BCUT2D eigenvalue weighted by atomic mass is 10.3. The van der Waals surface area contributed by atoms with Gasteiger partial charge in [0.15, 0.2) is 0 Å². The smallest absolute Gasteiger partial charge is 0.316 e. The van der Waals surface area contributed by atoms with Gasteiger partial charge in [0.05, 0.1) is 13.7 Å². The zero-order valence-electron chi connectivity index (χ0n) is 12.5. The molecule has 0 spiro atoms. The minimum absolute atomic E-state index is 0.185. The summed E-state index contributed by atoms with van der Waals surface area (Å²) in [7, 11) is 1.86. The lowest BCUT2D eigenvalue weighted by Gasteiger charge is -1.96. The molecule has 2 rings (SSSR count). The Balaban J connectivity index is 0.000000956. The summed E-state index contributed by atoms with van der Waals surface area (Å²) in [6.45, 7) is 6.18. The van der Waals surface area contributed by atoms with Crippen LogP contribution in [0.25, 0.3) is 5.69 Å². The summed E-state index contributed by atoms with van der Waals surface area (Å²) in [5.74, 6) is 0.420. The van der Waals surface area contributed by atoms with Crippen molar-refractivity contribution < 1.29 is 14.1 Å². The van der Waals surface area contributed by atoms with Crippen molar-refractivity contribution in [2.24, 2.45) is 7.05 Å². The molecule has 0 unspecified atom stereocenters. The summed E-state index contributed by atoms with van der Waals surface area (Å²) >= 11 is 0. The average molecular weight is 276 g/mol. The molecule has 1 aromatic heterocycles. The van der Waals surface area contributed by atoms with E-state index in [0.717, 1.165) is 5.69 Å². The Bertz CT molecular complexity index is 535. The Hall–Kier alpha value is -2.17. The normalized spacial score (nSPS) is 9.60. The first kappa shape index (κ1) is 15.9. The van der Waals surface area contributed by atoms with Crippen LogP contribution in [0.3, 0.4) is 0 Å². The summed E-state index contributed by atoms with van der Waals surface area (Å²) in [5, 5.41) is 4.38. The molecule has 0 saturated carbocycles. The van der Waals surface area contributed by atoms with Crippen LogP contribution in [0.15, 0.2) is 36.7 Å². The van der Waals surface area contributed by atoms with E-state index in [1.54, 1.807) is 11.6 Å². The van der Waals surface area contributed by atoms with Crippen LogP contribution in [0.1, 0.15) is 26.6 Å². The first-order valence-electron chi connectivity index (χ1n) is 6.86. The second-order valence-corrected chi connectivity index (χ2v) is 3.90. The molecule has 0 atom stereocenters. The van der Waals surface area contributed by atoms with Crippen LogP contribution in [0.5, 0.6) is 0 Å². The van der Waals surface area contributed by atoms with E-state index in [2.05, 4.69) is 5.10 Å². The molecule has 0 radical (unpaired) electrons. The van der Waals surface area contributed by atoms with E-state index in [1.807, 2.05) is 62.1 Å². The molecule has 1 heterocycles. The zero-order chi connectivity index (χ0) is 15.0. The van der Waals surface area contributed by atoms with Crippen LogP contribution < -0.4 is 4.57 Å². The molecule has 0 bridgehead atoms. The first-order valence-corrected chi connectivity index (χ1v) is 6.86. The number of para-hydroxylation sites is 1. The van der Waals surface area contributed by atoms with Crippen LogP contribution in [0.2, 0.25) is 0 Å². The Labute approximate surface area is 119 Å². The van der Waals surface area contributed by atoms with Crippen LogP contribution in [0, 0.1) is 0 Å². The van der Waals surface area contributed by atoms with Gasteiger partial charge in [-0.1, -0.05) is 36.7 Å². The number of benzene rings is 1. The number of hydrogen-bond donors (Lipinski definition) is 0. The van der Waals surface area contributed by atoms with Crippen molar-refractivity contribution in [3.05, 3.63) is 42.5 Å². The van der Waals surface area contributed by atoms with E-state index in [1.165, 1.54) is 0 Å². The van der Waals surface area contributed by atoms with Crippen LogP contribution in [-0.2, 0) is 23.0 Å². The van der Waals surface area contributed by atoms with Crippen molar-refractivity contribution in [2.45, 2.75) is 27.2 Å². The number of aromatic nitrogens is 3. The first-order chi connectivity index (χ1) is 9.70. The number of esters is 1. The second-order valence-electron chi connectivity index (χ2n) is 3.90. The molecule has 5 heteroatoms. The fraction of sp³-hybridized carbons (Fsp3) is 0.400. The molecule has 0 fully saturated rings. The molecule has 0 saturated heterocycles. The topological polar surface area (TPSA) is 48.0 Å². The average Bonchev–Trinajstić information content (AvgIpc) is 2.83. The number of ether oxygens (including phenoxy) is 1. The molecule has 20 heavy (non-hydrogen) atoms. The molecule has 0 aliphatic heterocycles. The standard InChI is InChI=1S/C13H16N3O2.C2H6/c1-3-18-13(17)9-12-14-16(10-15(12)2)11-7-5-4-6-8-11;1-2/h4-8,10H,3,9H2,1-2H3;1-2H3/q+1;. The number of nitrogens with zero attached hydrogens (tertiary/aromatic N) is 3. The van der Waals surface area contributed by atoms with Crippen LogP contribution in [-0.4, -0.2) is 22.4 Å². The molecule has 5 nitrogen and oxygen atoms in total. The van der Waals surface area contributed by atoms with E-state index in [9.17, 15) is 4.79 Å². The molecule has 0 amide bonds. The number of carbonyl (C=O) groups excluding carboxylic acids is 1. The number of carbonyl (C=O) groups is 1.